The van der Waals surface area contributed by atoms with Gasteiger partial charge in [-0.1, -0.05) is 12.1 Å². The molecular formula is C23H36N2O10. The second-order valence-corrected chi connectivity index (χ2v) is 8.03. The maximum absolute atomic E-state index is 12.5. The number of carbonyl (C=O) groups is 2. The summed E-state index contributed by atoms with van der Waals surface area (Å²) in [5.41, 5.74) is 0.975. The molecule has 1 atom stereocenters. The molecule has 0 bridgehead atoms. The van der Waals surface area contributed by atoms with E-state index in [9.17, 15) is 19.7 Å². The molecule has 0 heterocycles. The van der Waals surface area contributed by atoms with E-state index in [1.165, 1.54) is 4.90 Å². The molecule has 1 amide bonds. The number of hydrogen-bond acceptors (Lipinski definition) is 10. The number of carbonyl (C=O) groups excluding carboxylic acids is 2. The molecule has 0 aliphatic rings. The maximum atomic E-state index is 12.5. The van der Waals surface area contributed by atoms with Crippen LogP contribution in [0.4, 0.5) is 0 Å². The summed E-state index contributed by atoms with van der Waals surface area (Å²) in [6, 6.07) is 7.11. The predicted octanol–water partition coefficient (Wildman–Crippen LogP) is 2.01. The predicted molar refractivity (Wildman–Crippen MR) is 124 cm³/mol. The van der Waals surface area contributed by atoms with Crippen LogP contribution in [-0.2, 0) is 40.0 Å². The van der Waals surface area contributed by atoms with E-state index >= 15 is 0 Å². The molecule has 0 spiro atoms. The van der Waals surface area contributed by atoms with Gasteiger partial charge in [-0.15, -0.1) is 10.1 Å². The summed E-state index contributed by atoms with van der Waals surface area (Å²) in [5.74, 6) is 0.219. The Hall–Kier alpha value is -2.96. The van der Waals surface area contributed by atoms with Crippen LogP contribution >= 0.6 is 0 Å². The first-order chi connectivity index (χ1) is 16.7. The van der Waals surface area contributed by atoms with Gasteiger partial charge in [0.25, 0.3) is 11.6 Å². The fourth-order valence-electron chi connectivity index (χ4n) is 2.85. The van der Waals surface area contributed by atoms with E-state index in [2.05, 4.69) is 4.84 Å². The lowest BCUT2D eigenvalue weighted by molar-refractivity contribution is -0.758. The van der Waals surface area contributed by atoms with Crippen molar-refractivity contribution < 1.29 is 43.2 Å². The average molecular weight is 501 g/mol. The van der Waals surface area contributed by atoms with Gasteiger partial charge >= 0.3 is 0 Å². The highest BCUT2D eigenvalue weighted by Crippen LogP contribution is 2.14. The van der Waals surface area contributed by atoms with Gasteiger partial charge in [0.2, 0.25) is 5.91 Å². The molecule has 0 radical (unpaired) electrons. The molecule has 0 aliphatic heterocycles. The molecule has 1 aromatic rings. The molecule has 1 unspecified atom stereocenters. The van der Waals surface area contributed by atoms with E-state index in [1.54, 1.807) is 12.1 Å². The Morgan fingerprint density at radius 2 is 1.74 bits per heavy atom. The van der Waals surface area contributed by atoms with Crippen LogP contribution in [0.3, 0.4) is 0 Å². The summed E-state index contributed by atoms with van der Waals surface area (Å²) in [4.78, 5) is 39.2. The number of amides is 1. The van der Waals surface area contributed by atoms with Gasteiger partial charge in [-0.25, -0.2) is 0 Å². The molecule has 0 N–H and O–H groups in total. The smallest absolute Gasteiger partial charge is 0.294 e. The minimum Gasteiger partial charge on any atom is -0.490 e. The van der Waals surface area contributed by atoms with E-state index in [0.29, 0.717) is 32.0 Å². The average Bonchev–Trinajstić information content (AvgIpc) is 2.80. The minimum atomic E-state index is -0.932. The largest absolute Gasteiger partial charge is 0.490 e. The Kier molecular flexibility index (Phi) is 15.0. The molecule has 198 valence electrons. The molecule has 12 heteroatoms. The van der Waals surface area contributed by atoms with Crippen molar-refractivity contribution >= 4 is 12.4 Å². The highest BCUT2D eigenvalue weighted by Gasteiger charge is 2.23. The molecule has 0 saturated carbocycles. The van der Waals surface area contributed by atoms with Crippen LogP contribution in [0.2, 0.25) is 0 Å². The Morgan fingerprint density at radius 1 is 1.06 bits per heavy atom. The van der Waals surface area contributed by atoms with E-state index in [-0.39, 0.29) is 51.0 Å². The van der Waals surface area contributed by atoms with E-state index < -0.39 is 11.2 Å². The summed E-state index contributed by atoms with van der Waals surface area (Å²) in [7, 11) is 0. The number of hydrogen-bond donors (Lipinski definition) is 0. The van der Waals surface area contributed by atoms with Crippen molar-refractivity contribution in [2.24, 2.45) is 0 Å². The summed E-state index contributed by atoms with van der Waals surface area (Å²) in [6.45, 7) is 8.81. The second kappa shape index (κ2) is 17.5. The van der Waals surface area contributed by atoms with Crippen molar-refractivity contribution in [1.29, 1.82) is 0 Å². The van der Waals surface area contributed by atoms with E-state index in [4.69, 9.17) is 23.7 Å². The Morgan fingerprint density at radius 3 is 2.34 bits per heavy atom. The molecule has 0 fully saturated rings. The lowest BCUT2D eigenvalue weighted by Crippen LogP contribution is -2.46. The molecule has 1 aromatic carbocycles. The van der Waals surface area contributed by atoms with Crippen LogP contribution in [-0.4, -0.2) is 86.8 Å². The first kappa shape index (κ1) is 30.1. The van der Waals surface area contributed by atoms with Crippen LogP contribution in [0, 0.1) is 10.1 Å². The normalized spacial score (nSPS) is 11.8. The Bertz CT molecular complexity index is 742. The first-order valence-corrected chi connectivity index (χ1v) is 11.4. The molecule has 0 aliphatic carbocycles. The van der Waals surface area contributed by atoms with Crippen LogP contribution in [0.5, 0.6) is 5.75 Å². The SMILES string of the molecule is CC(C)OCCOCc1ccc(OCC(CN(C(=O)COCCO[N+](=O)[O-])C(C)C)OC=O)cc1. The van der Waals surface area contributed by atoms with Crippen LogP contribution in [0.25, 0.3) is 0 Å². The highest BCUT2D eigenvalue weighted by atomic mass is 17.0. The zero-order valence-corrected chi connectivity index (χ0v) is 20.8. The minimum absolute atomic E-state index is 0.0369. The third-order valence-corrected chi connectivity index (χ3v) is 4.55. The highest BCUT2D eigenvalue weighted by molar-refractivity contribution is 5.77. The number of nitrogens with zero attached hydrogens (tertiary/aromatic N) is 2. The van der Waals surface area contributed by atoms with Gasteiger partial charge in [-0.05, 0) is 45.4 Å². The lowest BCUT2D eigenvalue weighted by Gasteiger charge is -2.30. The molecule has 0 saturated heterocycles. The topological polar surface area (TPSA) is 136 Å². The number of rotatable bonds is 20. The van der Waals surface area contributed by atoms with Gasteiger partial charge in [-0.2, -0.15) is 0 Å². The molecule has 12 nitrogen and oxygen atoms in total. The quantitative estimate of drug-likeness (QED) is 0.113. The van der Waals surface area contributed by atoms with Gasteiger partial charge in [0.05, 0.1) is 39.1 Å². The number of ether oxygens (including phenoxy) is 5. The van der Waals surface area contributed by atoms with Crippen molar-refractivity contribution in [2.75, 3.05) is 46.2 Å². The third-order valence-electron chi connectivity index (χ3n) is 4.55. The van der Waals surface area contributed by atoms with Crippen LogP contribution < -0.4 is 4.74 Å². The van der Waals surface area contributed by atoms with Gasteiger partial charge in [0, 0.05) is 6.04 Å². The fourth-order valence-corrected chi connectivity index (χ4v) is 2.85. The van der Waals surface area contributed by atoms with Crippen molar-refractivity contribution in [2.45, 2.75) is 52.6 Å². The van der Waals surface area contributed by atoms with Gasteiger partial charge in [0.15, 0.2) is 6.10 Å². The third kappa shape index (κ3) is 14.1. The zero-order chi connectivity index (χ0) is 26.1. The van der Waals surface area contributed by atoms with Crippen molar-refractivity contribution in [3.05, 3.63) is 39.9 Å². The fraction of sp³-hybridized carbons (Fsp3) is 0.652. The number of benzene rings is 1. The Labute approximate surface area is 205 Å². The monoisotopic (exact) mass is 500 g/mol. The van der Waals surface area contributed by atoms with Crippen LogP contribution in [0.15, 0.2) is 24.3 Å². The second-order valence-electron chi connectivity index (χ2n) is 8.03. The summed E-state index contributed by atoms with van der Waals surface area (Å²) < 4.78 is 27.0. The Balaban J connectivity index is 2.50. The van der Waals surface area contributed by atoms with Gasteiger partial charge in [-0.3, -0.25) is 9.59 Å². The van der Waals surface area contributed by atoms with E-state index in [0.717, 1.165) is 5.56 Å². The van der Waals surface area contributed by atoms with E-state index in [1.807, 2.05) is 39.8 Å². The van der Waals surface area contributed by atoms with Crippen molar-refractivity contribution in [3.8, 4) is 5.75 Å². The van der Waals surface area contributed by atoms with Crippen LogP contribution in [0.1, 0.15) is 33.3 Å². The maximum Gasteiger partial charge on any atom is 0.294 e. The molecule has 35 heavy (non-hydrogen) atoms. The van der Waals surface area contributed by atoms with Gasteiger partial charge < -0.3 is 33.4 Å². The lowest BCUT2D eigenvalue weighted by atomic mass is 10.2. The van der Waals surface area contributed by atoms with Crippen molar-refractivity contribution in [3.63, 3.8) is 0 Å². The summed E-state index contributed by atoms with van der Waals surface area (Å²) in [6.07, 6.45) is -0.537. The summed E-state index contributed by atoms with van der Waals surface area (Å²) in [5, 5.41) is 9.20. The van der Waals surface area contributed by atoms with Gasteiger partial charge in [0.1, 0.15) is 25.6 Å². The first-order valence-electron chi connectivity index (χ1n) is 11.4. The summed E-state index contributed by atoms with van der Waals surface area (Å²) >= 11 is 0. The zero-order valence-electron chi connectivity index (χ0n) is 20.8. The molecule has 0 aromatic heterocycles. The van der Waals surface area contributed by atoms with Crippen molar-refractivity contribution in [1.82, 2.24) is 4.90 Å². The molecule has 1 rings (SSSR count). The molecular weight excluding hydrogens is 464 g/mol. The standard InChI is InChI=1S/C23H36N2O10/c1-18(2)24(23(27)16-31-10-12-35-25(28)29)13-22(34-17-26)15-33-21-7-5-20(6-8-21)14-30-9-11-32-19(3)4/h5-8,17-19,22H,9-16H2,1-4H3.